The zero-order valence-electron chi connectivity index (χ0n) is 10.1. The van der Waals surface area contributed by atoms with Gasteiger partial charge in [0.25, 0.3) is 0 Å². The molecule has 1 saturated carbocycles. The van der Waals surface area contributed by atoms with Crippen LogP contribution in [0.3, 0.4) is 0 Å². The standard InChI is InChI=1S/C13H22O2/c1-5-7-11-9-8-10(6-2)13(11,3)12(14)15-4/h5,10-11H,1,6-9H2,2-4H3. The summed E-state index contributed by atoms with van der Waals surface area (Å²) in [6.45, 7) is 7.99. The Morgan fingerprint density at radius 2 is 2.13 bits per heavy atom. The minimum atomic E-state index is -0.294. The molecule has 0 spiro atoms. The van der Waals surface area contributed by atoms with Crippen molar-refractivity contribution in [2.24, 2.45) is 17.3 Å². The smallest absolute Gasteiger partial charge is 0.312 e. The van der Waals surface area contributed by atoms with Crippen molar-refractivity contribution in [1.29, 1.82) is 0 Å². The number of carbonyl (C=O) groups excluding carboxylic acids is 1. The molecule has 1 rings (SSSR count). The number of ether oxygens (including phenoxy) is 1. The largest absolute Gasteiger partial charge is 0.469 e. The minimum absolute atomic E-state index is 0.0429. The number of allylic oxidation sites excluding steroid dienone is 1. The first-order valence-electron chi connectivity index (χ1n) is 5.80. The predicted molar refractivity (Wildman–Crippen MR) is 61.4 cm³/mol. The molecule has 1 aliphatic rings. The van der Waals surface area contributed by atoms with Crippen LogP contribution >= 0.6 is 0 Å². The van der Waals surface area contributed by atoms with Crippen molar-refractivity contribution >= 4 is 5.97 Å². The highest BCUT2D eigenvalue weighted by molar-refractivity contribution is 5.77. The van der Waals surface area contributed by atoms with Gasteiger partial charge in [-0.05, 0) is 38.0 Å². The third-order valence-electron chi connectivity index (χ3n) is 4.13. The second kappa shape index (κ2) is 4.82. The van der Waals surface area contributed by atoms with E-state index < -0.39 is 0 Å². The lowest BCUT2D eigenvalue weighted by Gasteiger charge is -2.33. The van der Waals surface area contributed by atoms with E-state index in [9.17, 15) is 4.79 Å². The average Bonchev–Trinajstić information content (AvgIpc) is 2.57. The van der Waals surface area contributed by atoms with E-state index in [0.717, 1.165) is 25.7 Å². The SMILES string of the molecule is C=CCC1CCC(CC)C1(C)C(=O)OC. The van der Waals surface area contributed by atoms with Crippen LogP contribution in [0.2, 0.25) is 0 Å². The molecule has 0 aliphatic heterocycles. The van der Waals surface area contributed by atoms with Gasteiger partial charge >= 0.3 is 5.97 Å². The van der Waals surface area contributed by atoms with Crippen molar-refractivity contribution in [3.63, 3.8) is 0 Å². The van der Waals surface area contributed by atoms with E-state index >= 15 is 0 Å². The second-order valence-electron chi connectivity index (χ2n) is 4.68. The molecule has 0 N–H and O–H groups in total. The zero-order valence-corrected chi connectivity index (χ0v) is 10.1. The Bertz CT molecular complexity index is 247. The van der Waals surface area contributed by atoms with Gasteiger partial charge in [0, 0.05) is 0 Å². The lowest BCUT2D eigenvalue weighted by atomic mass is 9.71. The van der Waals surface area contributed by atoms with E-state index in [-0.39, 0.29) is 11.4 Å². The molecule has 0 heterocycles. The van der Waals surface area contributed by atoms with E-state index in [0.29, 0.717) is 11.8 Å². The fraction of sp³-hybridized carbons (Fsp3) is 0.769. The van der Waals surface area contributed by atoms with E-state index in [4.69, 9.17) is 4.74 Å². The number of hydrogen-bond acceptors (Lipinski definition) is 2. The first-order valence-corrected chi connectivity index (χ1v) is 5.80. The Morgan fingerprint density at radius 1 is 1.53 bits per heavy atom. The van der Waals surface area contributed by atoms with Crippen LogP contribution in [0.4, 0.5) is 0 Å². The summed E-state index contributed by atoms with van der Waals surface area (Å²) in [5.74, 6) is 0.834. The summed E-state index contributed by atoms with van der Waals surface area (Å²) in [6.07, 6.45) is 6.15. The number of methoxy groups -OCH3 is 1. The van der Waals surface area contributed by atoms with Gasteiger partial charge in [0.1, 0.15) is 0 Å². The van der Waals surface area contributed by atoms with Gasteiger partial charge in [-0.2, -0.15) is 0 Å². The van der Waals surface area contributed by atoms with Crippen LogP contribution < -0.4 is 0 Å². The van der Waals surface area contributed by atoms with Crippen molar-refractivity contribution < 1.29 is 9.53 Å². The molecule has 1 fully saturated rings. The van der Waals surface area contributed by atoms with Crippen LogP contribution in [-0.2, 0) is 9.53 Å². The van der Waals surface area contributed by atoms with E-state index in [1.54, 1.807) is 0 Å². The summed E-state index contributed by atoms with van der Waals surface area (Å²) in [5, 5.41) is 0. The van der Waals surface area contributed by atoms with E-state index in [1.807, 2.05) is 6.08 Å². The summed E-state index contributed by atoms with van der Waals surface area (Å²) >= 11 is 0. The Hall–Kier alpha value is -0.790. The van der Waals surface area contributed by atoms with Gasteiger partial charge in [-0.1, -0.05) is 19.4 Å². The first kappa shape index (κ1) is 12.3. The van der Waals surface area contributed by atoms with Crippen molar-refractivity contribution in [2.75, 3.05) is 7.11 Å². The molecule has 0 aromatic heterocycles. The Balaban J connectivity index is 2.92. The van der Waals surface area contributed by atoms with Crippen LogP contribution in [0.5, 0.6) is 0 Å². The number of esters is 1. The third-order valence-corrected chi connectivity index (χ3v) is 4.13. The molecule has 0 amide bonds. The third kappa shape index (κ3) is 1.95. The number of carbonyl (C=O) groups is 1. The molecule has 86 valence electrons. The maximum absolute atomic E-state index is 11.9. The van der Waals surface area contributed by atoms with Gasteiger partial charge < -0.3 is 4.74 Å². The first-order chi connectivity index (χ1) is 7.11. The Kier molecular flexibility index (Phi) is 3.95. The molecule has 15 heavy (non-hydrogen) atoms. The van der Waals surface area contributed by atoms with Crippen LogP contribution in [0.15, 0.2) is 12.7 Å². The van der Waals surface area contributed by atoms with Crippen molar-refractivity contribution in [2.45, 2.75) is 39.5 Å². The average molecular weight is 210 g/mol. The molecule has 1 aliphatic carbocycles. The minimum Gasteiger partial charge on any atom is -0.469 e. The molecule has 0 radical (unpaired) electrons. The maximum Gasteiger partial charge on any atom is 0.312 e. The summed E-state index contributed by atoms with van der Waals surface area (Å²) in [7, 11) is 1.49. The highest BCUT2D eigenvalue weighted by Crippen LogP contribution is 2.51. The van der Waals surface area contributed by atoms with E-state index in [1.165, 1.54) is 7.11 Å². The fourth-order valence-electron chi connectivity index (χ4n) is 3.08. The highest BCUT2D eigenvalue weighted by atomic mass is 16.5. The summed E-state index contributed by atoms with van der Waals surface area (Å²) < 4.78 is 4.97. The van der Waals surface area contributed by atoms with Crippen LogP contribution in [0, 0.1) is 17.3 Å². The second-order valence-corrected chi connectivity index (χ2v) is 4.68. The maximum atomic E-state index is 11.9. The van der Waals surface area contributed by atoms with Crippen LogP contribution in [-0.4, -0.2) is 13.1 Å². The van der Waals surface area contributed by atoms with Crippen LogP contribution in [0.1, 0.15) is 39.5 Å². The number of hydrogen-bond donors (Lipinski definition) is 0. The molecule has 2 nitrogen and oxygen atoms in total. The molecule has 2 heteroatoms. The molecule has 3 unspecified atom stereocenters. The highest BCUT2D eigenvalue weighted by Gasteiger charge is 2.51. The normalized spacial score (nSPS) is 35.1. The molecular formula is C13H22O2. The number of rotatable bonds is 4. The lowest BCUT2D eigenvalue weighted by Crippen LogP contribution is -2.38. The summed E-state index contributed by atoms with van der Waals surface area (Å²) in [5.41, 5.74) is -0.294. The zero-order chi connectivity index (χ0) is 11.5. The quantitative estimate of drug-likeness (QED) is 0.526. The lowest BCUT2D eigenvalue weighted by molar-refractivity contribution is -0.157. The molecular weight excluding hydrogens is 188 g/mol. The van der Waals surface area contributed by atoms with Gasteiger partial charge in [0.15, 0.2) is 0 Å². The predicted octanol–water partition coefficient (Wildman–Crippen LogP) is 3.18. The Labute approximate surface area is 92.7 Å². The molecule has 0 saturated heterocycles. The van der Waals surface area contributed by atoms with Crippen LogP contribution in [0.25, 0.3) is 0 Å². The van der Waals surface area contributed by atoms with Crippen molar-refractivity contribution in [3.8, 4) is 0 Å². The molecule has 0 aromatic carbocycles. The Morgan fingerprint density at radius 3 is 2.60 bits per heavy atom. The van der Waals surface area contributed by atoms with Gasteiger partial charge in [-0.3, -0.25) is 4.79 Å². The van der Waals surface area contributed by atoms with Gasteiger partial charge in [0.05, 0.1) is 12.5 Å². The molecule has 0 bridgehead atoms. The van der Waals surface area contributed by atoms with Crippen molar-refractivity contribution in [1.82, 2.24) is 0 Å². The van der Waals surface area contributed by atoms with Crippen molar-refractivity contribution in [3.05, 3.63) is 12.7 Å². The summed E-state index contributed by atoms with van der Waals surface area (Å²) in [4.78, 5) is 11.9. The fourth-order valence-corrected chi connectivity index (χ4v) is 3.08. The van der Waals surface area contributed by atoms with Gasteiger partial charge in [0.2, 0.25) is 0 Å². The monoisotopic (exact) mass is 210 g/mol. The molecule has 3 atom stereocenters. The van der Waals surface area contributed by atoms with E-state index in [2.05, 4.69) is 20.4 Å². The molecule has 0 aromatic rings. The van der Waals surface area contributed by atoms with Gasteiger partial charge in [-0.25, -0.2) is 0 Å². The summed E-state index contributed by atoms with van der Waals surface area (Å²) in [6, 6.07) is 0. The topological polar surface area (TPSA) is 26.3 Å². The van der Waals surface area contributed by atoms with Gasteiger partial charge in [-0.15, -0.1) is 6.58 Å².